The van der Waals surface area contributed by atoms with E-state index >= 15 is 0 Å². The van der Waals surface area contributed by atoms with E-state index in [-0.39, 0.29) is 11.5 Å². The van der Waals surface area contributed by atoms with Gasteiger partial charge in [-0.05, 0) is 19.3 Å². The molecule has 1 saturated carbocycles. The minimum Gasteiger partial charge on any atom is -0.458 e. The first-order valence-electron chi connectivity index (χ1n) is 11.0. The van der Waals surface area contributed by atoms with E-state index in [1.54, 1.807) is 27.7 Å². The van der Waals surface area contributed by atoms with Crippen molar-refractivity contribution in [2.75, 3.05) is 0 Å². The van der Waals surface area contributed by atoms with Crippen molar-refractivity contribution in [2.45, 2.75) is 84.1 Å². The Balaban J connectivity index is 2.14. The number of aliphatic hydroxyl groups is 1. The molecule has 8 atom stereocenters. The zero-order valence-corrected chi connectivity index (χ0v) is 19.3. The lowest BCUT2D eigenvalue weighted by molar-refractivity contribution is -0.202. The number of fused-ring (bicyclic) bond motifs is 2. The molecule has 3 rings (SSSR count). The van der Waals surface area contributed by atoms with Crippen LogP contribution in [0, 0.1) is 23.7 Å². The molecule has 2 aliphatic heterocycles. The molecule has 32 heavy (non-hydrogen) atoms. The molecule has 0 amide bonds. The third-order valence-electron chi connectivity index (χ3n) is 6.42. The van der Waals surface area contributed by atoms with E-state index in [0.717, 1.165) is 0 Å². The normalized spacial score (nSPS) is 39.3. The Bertz CT molecular complexity index is 827. The summed E-state index contributed by atoms with van der Waals surface area (Å²) in [4.78, 5) is 50.8. The monoisotopic (exact) mass is 452 g/mol. The maximum atomic E-state index is 13.2. The van der Waals surface area contributed by atoms with Crippen LogP contribution in [0.15, 0.2) is 12.2 Å². The molecule has 0 aromatic carbocycles. The standard InChI is InChI=1S/C23H32O9/c1-9(2)20(25)31-16-14-12(6)22(27)29-13(14)8-11(5)15-17(30-15)18(24)23(7,28)19(16)32-21(26)10(3)4/h9-11,13-17,19,28H,6,8H2,1-5,7H3/t11-,13-,14+,15+,16+,17+,19-,23+/m1/s1. The zero-order chi connectivity index (χ0) is 24.1. The van der Waals surface area contributed by atoms with Crippen LogP contribution in [0.2, 0.25) is 0 Å². The predicted molar refractivity (Wildman–Crippen MR) is 110 cm³/mol. The number of hydrogen-bond donors (Lipinski definition) is 1. The Kier molecular flexibility index (Phi) is 6.55. The highest BCUT2D eigenvalue weighted by Gasteiger charge is 2.63. The molecule has 1 aliphatic carbocycles. The predicted octanol–water partition coefficient (Wildman–Crippen LogP) is 1.35. The number of carbonyl (C=O) groups is 4. The minimum atomic E-state index is -2.25. The highest BCUT2D eigenvalue weighted by atomic mass is 16.6. The van der Waals surface area contributed by atoms with Crippen LogP contribution in [-0.2, 0) is 38.1 Å². The zero-order valence-electron chi connectivity index (χ0n) is 19.3. The fourth-order valence-corrected chi connectivity index (χ4v) is 4.30. The average Bonchev–Trinajstić information content (AvgIpc) is 3.45. The summed E-state index contributed by atoms with van der Waals surface area (Å²) in [5, 5.41) is 11.4. The molecule has 9 nitrogen and oxygen atoms in total. The molecule has 0 bridgehead atoms. The van der Waals surface area contributed by atoms with Gasteiger partial charge in [0.25, 0.3) is 0 Å². The van der Waals surface area contributed by atoms with Gasteiger partial charge in [0.05, 0.1) is 23.9 Å². The second-order valence-electron chi connectivity index (χ2n) is 9.81. The average molecular weight is 453 g/mol. The van der Waals surface area contributed by atoms with Gasteiger partial charge in [-0.15, -0.1) is 0 Å². The number of ether oxygens (including phenoxy) is 4. The minimum absolute atomic E-state index is 0.0337. The molecule has 0 radical (unpaired) electrons. The maximum absolute atomic E-state index is 13.2. The number of hydrogen-bond acceptors (Lipinski definition) is 9. The summed E-state index contributed by atoms with van der Waals surface area (Å²) in [7, 11) is 0. The molecule has 3 fully saturated rings. The first kappa shape index (κ1) is 24.4. The van der Waals surface area contributed by atoms with Gasteiger partial charge in [-0.2, -0.15) is 0 Å². The molecule has 3 aliphatic rings. The lowest BCUT2D eigenvalue weighted by Crippen LogP contribution is -2.60. The summed E-state index contributed by atoms with van der Waals surface area (Å²) in [5.41, 5.74) is -2.22. The van der Waals surface area contributed by atoms with E-state index in [9.17, 15) is 24.3 Å². The van der Waals surface area contributed by atoms with E-state index in [1.807, 2.05) is 6.92 Å². The number of ketones is 1. The summed E-state index contributed by atoms with van der Waals surface area (Å²) in [6, 6.07) is 0. The number of rotatable bonds is 4. The second-order valence-corrected chi connectivity index (χ2v) is 9.81. The van der Waals surface area contributed by atoms with E-state index in [2.05, 4.69) is 6.58 Å². The SMILES string of the molecule is C=C1C(=O)O[C@@H]2C[C@@H](C)[C@@H]3O[C@@H]3C(=O)[C@](C)(O)[C@H](OC(=O)C(C)C)[C@@H](OC(=O)C(C)C)[C@@H]12. The second kappa shape index (κ2) is 8.59. The lowest BCUT2D eigenvalue weighted by atomic mass is 9.75. The van der Waals surface area contributed by atoms with E-state index < -0.39 is 77.6 Å². The third kappa shape index (κ3) is 4.32. The topological polar surface area (TPSA) is 129 Å². The molecular formula is C23H32O9. The van der Waals surface area contributed by atoms with Gasteiger partial charge >= 0.3 is 17.9 Å². The van der Waals surface area contributed by atoms with Gasteiger partial charge in [-0.3, -0.25) is 14.4 Å². The van der Waals surface area contributed by atoms with Gasteiger partial charge < -0.3 is 24.1 Å². The molecule has 0 unspecified atom stereocenters. The van der Waals surface area contributed by atoms with Crippen LogP contribution in [-0.4, -0.2) is 64.9 Å². The summed E-state index contributed by atoms with van der Waals surface area (Å²) in [6.45, 7) is 13.3. The van der Waals surface area contributed by atoms with Crippen LogP contribution in [0.25, 0.3) is 0 Å². The summed E-state index contributed by atoms with van der Waals surface area (Å²) in [6.07, 6.45) is -4.73. The molecule has 1 N–H and O–H groups in total. The summed E-state index contributed by atoms with van der Waals surface area (Å²) in [5.74, 6) is -4.88. The lowest BCUT2D eigenvalue weighted by Gasteiger charge is -2.40. The van der Waals surface area contributed by atoms with Crippen molar-refractivity contribution in [3.05, 3.63) is 12.2 Å². The van der Waals surface area contributed by atoms with Crippen LogP contribution in [0.4, 0.5) is 0 Å². The number of epoxide rings is 1. The summed E-state index contributed by atoms with van der Waals surface area (Å²) < 4.78 is 22.4. The van der Waals surface area contributed by atoms with Crippen LogP contribution >= 0.6 is 0 Å². The molecule has 0 aromatic heterocycles. The van der Waals surface area contributed by atoms with Gasteiger partial charge in [0, 0.05) is 5.57 Å². The molecular weight excluding hydrogens is 420 g/mol. The van der Waals surface area contributed by atoms with Crippen LogP contribution in [0.1, 0.15) is 48.0 Å². The third-order valence-corrected chi connectivity index (χ3v) is 6.42. The summed E-state index contributed by atoms with van der Waals surface area (Å²) >= 11 is 0. The van der Waals surface area contributed by atoms with Crippen molar-refractivity contribution >= 4 is 23.7 Å². The fourth-order valence-electron chi connectivity index (χ4n) is 4.30. The van der Waals surface area contributed by atoms with Crippen molar-refractivity contribution < 1.29 is 43.2 Å². The Hall–Kier alpha value is -2.26. The van der Waals surface area contributed by atoms with Crippen LogP contribution in [0.3, 0.4) is 0 Å². The van der Waals surface area contributed by atoms with Crippen LogP contribution < -0.4 is 0 Å². The van der Waals surface area contributed by atoms with Gasteiger partial charge in [0.1, 0.15) is 12.2 Å². The van der Waals surface area contributed by atoms with Crippen LogP contribution in [0.5, 0.6) is 0 Å². The first-order chi connectivity index (χ1) is 14.8. The van der Waals surface area contributed by atoms with Gasteiger partial charge in [0.15, 0.2) is 23.6 Å². The van der Waals surface area contributed by atoms with Crippen molar-refractivity contribution in [1.82, 2.24) is 0 Å². The number of Topliss-reactive ketones (excluding diaryl/α,β-unsaturated/α-hetero) is 1. The largest absolute Gasteiger partial charge is 0.458 e. The number of esters is 3. The quantitative estimate of drug-likeness (QED) is 0.291. The van der Waals surface area contributed by atoms with Crippen molar-refractivity contribution in [2.24, 2.45) is 23.7 Å². The first-order valence-corrected chi connectivity index (χ1v) is 11.0. The fraction of sp³-hybridized carbons (Fsp3) is 0.739. The van der Waals surface area contributed by atoms with E-state index in [4.69, 9.17) is 18.9 Å². The highest BCUT2D eigenvalue weighted by Crippen LogP contribution is 2.45. The molecule has 2 heterocycles. The van der Waals surface area contributed by atoms with Crippen molar-refractivity contribution in [1.29, 1.82) is 0 Å². The Morgan fingerprint density at radius 1 is 1.12 bits per heavy atom. The number of carbonyl (C=O) groups excluding carboxylic acids is 4. The molecule has 2 saturated heterocycles. The smallest absolute Gasteiger partial charge is 0.334 e. The van der Waals surface area contributed by atoms with Gasteiger partial charge in [0.2, 0.25) is 0 Å². The molecule has 9 heteroatoms. The molecule has 178 valence electrons. The van der Waals surface area contributed by atoms with Crippen molar-refractivity contribution in [3.63, 3.8) is 0 Å². The Labute approximate surface area is 187 Å². The van der Waals surface area contributed by atoms with Crippen molar-refractivity contribution in [3.8, 4) is 0 Å². The van der Waals surface area contributed by atoms with E-state index in [0.29, 0.717) is 6.42 Å². The molecule has 0 aromatic rings. The van der Waals surface area contributed by atoms with E-state index in [1.165, 1.54) is 6.92 Å². The Morgan fingerprint density at radius 3 is 2.25 bits per heavy atom. The maximum Gasteiger partial charge on any atom is 0.334 e. The van der Waals surface area contributed by atoms with Gasteiger partial charge in [-0.25, -0.2) is 4.79 Å². The molecule has 0 spiro atoms. The van der Waals surface area contributed by atoms with Gasteiger partial charge in [-0.1, -0.05) is 41.2 Å². The highest BCUT2D eigenvalue weighted by molar-refractivity contribution is 5.95. The Morgan fingerprint density at radius 2 is 1.69 bits per heavy atom.